The summed E-state index contributed by atoms with van der Waals surface area (Å²) in [4.78, 5) is 2.61. The Labute approximate surface area is 168 Å². The van der Waals surface area contributed by atoms with Crippen molar-refractivity contribution in [1.82, 2.24) is 4.90 Å². The minimum atomic E-state index is -0.0230. The molecular weight excluding hydrogens is 333 g/mol. The summed E-state index contributed by atoms with van der Waals surface area (Å²) in [7, 11) is 0. The number of fused-ring (bicyclic) bond motifs is 2. The lowest BCUT2D eigenvalue weighted by Crippen LogP contribution is -2.48. The van der Waals surface area contributed by atoms with Gasteiger partial charge in [-0.25, -0.2) is 0 Å². The number of hydrogen-bond donors (Lipinski definition) is 1. The van der Waals surface area contributed by atoms with Crippen molar-refractivity contribution in [2.45, 2.75) is 82.6 Å². The van der Waals surface area contributed by atoms with Gasteiger partial charge in [-0.15, -0.1) is 0 Å². The van der Waals surface area contributed by atoms with Crippen molar-refractivity contribution in [3.63, 3.8) is 0 Å². The number of piperidine rings is 1. The van der Waals surface area contributed by atoms with Gasteiger partial charge in [0.15, 0.2) is 0 Å². The minimum absolute atomic E-state index is 0.0230. The molecule has 0 aromatic heterocycles. The largest absolute Gasteiger partial charge is 0.393 e. The predicted molar refractivity (Wildman–Crippen MR) is 115 cm³/mol. The molecule has 2 fully saturated rings. The van der Waals surface area contributed by atoms with Gasteiger partial charge >= 0.3 is 0 Å². The lowest BCUT2D eigenvalue weighted by Gasteiger charge is -2.45. The maximum absolute atomic E-state index is 9.88. The van der Waals surface area contributed by atoms with E-state index in [-0.39, 0.29) is 6.10 Å². The third-order valence-electron chi connectivity index (χ3n) is 6.01. The van der Waals surface area contributed by atoms with Gasteiger partial charge in [0.2, 0.25) is 15.2 Å². The molecule has 146 valence electrons. The first-order valence-electron chi connectivity index (χ1n) is 10.9. The molecule has 2 bridgehead atoms. The van der Waals surface area contributed by atoms with E-state index in [1.807, 2.05) is 0 Å². The van der Waals surface area contributed by atoms with Crippen molar-refractivity contribution in [2.75, 3.05) is 6.54 Å². The van der Waals surface area contributed by atoms with Gasteiger partial charge in [-0.05, 0) is 43.7 Å². The van der Waals surface area contributed by atoms with Crippen LogP contribution in [0.3, 0.4) is 0 Å². The quantitative estimate of drug-likeness (QED) is 0.710. The van der Waals surface area contributed by atoms with Crippen LogP contribution in [0.2, 0.25) is 10.6 Å². The van der Waals surface area contributed by atoms with Gasteiger partial charge in [0.25, 0.3) is 0 Å². The van der Waals surface area contributed by atoms with E-state index in [0.29, 0.717) is 27.2 Å². The van der Waals surface area contributed by atoms with Crippen LogP contribution in [-0.4, -0.2) is 43.9 Å². The molecule has 3 atom stereocenters. The standard InChI is InChI=1S/C15H21NO.2C4H9.Al.H/c17-15-7-6-14-10-13(15)8-9-16(14)11-12-4-2-1-3-5-12;2*1-4(2)3;;/h1-5,13-15,17H,6-11H2;2*4H,1H2,2-3H3;;. The van der Waals surface area contributed by atoms with E-state index < -0.39 is 0 Å². The van der Waals surface area contributed by atoms with Crippen LogP contribution in [0.15, 0.2) is 30.3 Å². The highest BCUT2D eigenvalue weighted by atomic mass is 27.1. The van der Waals surface area contributed by atoms with E-state index in [1.54, 1.807) is 0 Å². The molecule has 3 rings (SSSR count). The second-order valence-corrected chi connectivity index (χ2v) is 11.1. The third kappa shape index (κ3) is 7.73. The lowest BCUT2D eigenvalue weighted by atomic mass is 9.77. The van der Waals surface area contributed by atoms with Gasteiger partial charge in [-0.2, -0.15) is 0 Å². The normalized spacial score (nSPS) is 25.7. The Kier molecular flexibility index (Phi) is 9.72. The molecular formula is C23H40AlNO. The zero-order valence-electron chi connectivity index (χ0n) is 17.5. The summed E-state index contributed by atoms with van der Waals surface area (Å²) < 4.78 is 0. The third-order valence-corrected chi connectivity index (χ3v) is 9.14. The van der Waals surface area contributed by atoms with Gasteiger partial charge in [-0.1, -0.05) is 80.4 Å². The minimum Gasteiger partial charge on any atom is -0.393 e. The number of likely N-dealkylation sites (tertiary alicyclic amines) is 1. The number of aliphatic hydroxyl groups is 1. The van der Waals surface area contributed by atoms with E-state index in [4.69, 9.17) is 0 Å². The molecule has 0 radical (unpaired) electrons. The van der Waals surface area contributed by atoms with E-state index in [0.717, 1.165) is 31.3 Å². The topological polar surface area (TPSA) is 23.5 Å². The van der Waals surface area contributed by atoms with Gasteiger partial charge in [-0.3, -0.25) is 4.90 Å². The lowest BCUT2D eigenvalue weighted by molar-refractivity contribution is -0.0185. The molecule has 3 unspecified atom stereocenters. The second-order valence-electron chi connectivity index (χ2n) is 9.26. The van der Waals surface area contributed by atoms with Crippen LogP contribution in [0.1, 0.15) is 58.9 Å². The van der Waals surface area contributed by atoms with Crippen molar-refractivity contribution in [3.8, 4) is 0 Å². The molecule has 0 amide bonds. The second kappa shape index (κ2) is 11.5. The van der Waals surface area contributed by atoms with Crippen LogP contribution >= 0.6 is 0 Å². The molecule has 26 heavy (non-hydrogen) atoms. The smallest absolute Gasteiger partial charge is 0.237 e. The number of aliphatic hydroxyl groups excluding tert-OH is 1. The number of nitrogens with zero attached hydrogens (tertiary/aromatic N) is 1. The van der Waals surface area contributed by atoms with E-state index in [1.165, 1.54) is 35.4 Å². The first-order chi connectivity index (χ1) is 12.5. The van der Waals surface area contributed by atoms with Crippen molar-refractivity contribution >= 4 is 15.2 Å². The summed E-state index contributed by atoms with van der Waals surface area (Å²) in [5.74, 6) is 2.48. The van der Waals surface area contributed by atoms with Crippen LogP contribution < -0.4 is 0 Å². The molecule has 2 aliphatic rings. The van der Waals surface area contributed by atoms with E-state index >= 15 is 0 Å². The molecule has 1 heterocycles. The molecule has 1 aromatic rings. The van der Waals surface area contributed by atoms with Crippen molar-refractivity contribution in [2.24, 2.45) is 17.8 Å². The van der Waals surface area contributed by atoms with Gasteiger partial charge in [0, 0.05) is 12.6 Å². The zero-order chi connectivity index (χ0) is 18.9. The van der Waals surface area contributed by atoms with Crippen LogP contribution in [0, 0.1) is 17.8 Å². The van der Waals surface area contributed by atoms with Crippen molar-refractivity contribution in [3.05, 3.63) is 35.9 Å². The summed E-state index contributed by atoms with van der Waals surface area (Å²) in [5, 5.41) is 13.0. The molecule has 1 saturated carbocycles. The zero-order valence-corrected chi connectivity index (χ0v) is 18.9. The Bertz CT molecular complexity index is 482. The monoisotopic (exact) mass is 373 g/mol. The molecule has 1 saturated heterocycles. The Morgan fingerprint density at radius 3 is 2.27 bits per heavy atom. The first kappa shape index (κ1) is 22.0. The molecule has 2 nitrogen and oxygen atoms in total. The number of rotatable bonds is 6. The average Bonchev–Trinajstić information content (AvgIpc) is 2.61. The fourth-order valence-corrected chi connectivity index (χ4v) is 6.21. The summed E-state index contributed by atoms with van der Waals surface area (Å²) >= 11 is 0.316. The molecule has 0 spiro atoms. The maximum atomic E-state index is 9.88. The highest BCUT2D eigenvalue weighted by molar-refractivity contribution is 6.35. The Morgan fingerprint density at radius 1 is 1.00 bits per heavy atom. The van der Waals surface area contributed by atoms with E-state index in [9.17, 15) is 5.11 Å². The molecule has 3 heteroatoms. The Hall–Kier alpha value is -0.328. The SMILES string of the molecule is CC(C)[CH2][AlH][CH2]C(C)C.OC1CCC2CC1CCN2Cc1ccccc1. The van der Waals surface area contributed by atoms with Crippen molar-refractivity contribution < 1.29 is 5.11 Å². The average molecular weight is 374 g/mol. The Morgan fingerprint density at radius 2 is 1.65 bits per heavy atom. The predicted octanol–water partition coefficient (Wildman–Crippen LogP) is 4.99. The van der Waals surface area contributed by atoms with Gasteiger partial charge in [0.05, 0.1) is 6.10 Å². The molecule has 1 aromatic carbocycles. The number of hydrogen-bond acceptors (Lipinski definition) is 2. The van der Waals surface area contributed by atoms with Gasteiger partial charge < -0.3 is 5.11 Å². The van der Waals surface area contributed by atoms with Crippen LogP contribution in [-0.2, 0) is 6.54 Å². The highest BCUT2D eigenvalue weighted by Crippen LogP contribution is 2.35. The fourth-order valence-electron chi connectivity index (χ4n) is 4.34. The van der Waals surface area contributed by atoms with E-state index in [2.05, 4.69) is 62.9 Å². The van der Waals surface area contributed by atoms with Gasteiger partial charge in [0.1, 0.15) is 0 Å². The summed E-state index contributed by atoms with van der Waals surface area (Å²) in [6, 6.07) is 11.4. The Balaban J connectivity index is 0.000000232. The number of benzene rings is 1. The highest BCUT2D eigenvalue weighted by Gasteiger charge is 2.36. The molecule has 1 aliphatic carbocycles. The van der Waals surface area contributed by atoms with Crippen molar-refractivity contribution in [1.29, 1.82) is 0 Å². The van der Waals surface area contributed by atoms with Crippen LogP contribution in [0.5, 0.6) is 0 Å². The molecule has 1 N–H and O–H groups in total. The summed E-state index contributed by atoms with van der Waals surface area (Å²) in [6.07, 6.45) is 4.52. The maximum Gasteiger partial charge on any atom is 0.237 e. The van der Waals surface area contributed by atoms with Crippen LogP contribution in [0.25, 0.3) is 0 Å². The fraction of sp³-hybridized carbons (Fsp3) is 0.739. The summed E-state index contributed by atoms with van der Waals surface area (Å²) in [6.45, 7) is 11.5. The summed E-state index contributed by atoms with van der Waals surface area (Å²) in [5.41, 5.74) is 1.41. The first-order valence-corrected chi connectivity index (χ1v) is 12.9. The molecule has 1 aliphatic heterocycles. The van der Waals surface area contributed by atoms with Crippen LogP contribution in [0.4, 0.5) is 0 Å².